The Hall–Kier alpha value is -5.80. The van der Waals surface area contributed by atoms with Gasteiger partial charge in [0.25, 0.3) is 0 Å². The van der Waals surface area contributed by atoms with Crippen LogP contribution in [0.25, 0.3) is 66.1 Å². The summed E-state index contributed by atoms with van der Waals surface area (Å²) < 4.78 is 47.6. The molecule has 0 N–H and O–H groups in total. The fraction of sp³-hybridized carbons (Fsp3) is 0.119. The third-order valence-electron chi connectivity index (χ3n) is 9.69. The Bertz CT molecular complexity index is 2540. The molecule has 8 rings (SSSR count). The van der Waals surface area contributed by atoms with Crippen LogP contribution >= 0.6 is 0 Å². The SMILES string of the molecule is Cc1cccc2c1c1c(C)cccc1n2-c1cc(-c2ccccc2C(F)(F)F)cc(C#N)c1-n1c2cccc(C)c2c2c(C)cccc21. The first kappa shape index (κ1) is 29.6. The lowest BCUT2D eigenvalue weighted by Gasteiger charge is -2.21. The van der Waals surface area contributed by atoms with E-state index in [1.165, 1.54) is 12.1 Å². The molecule has 0 atom stereocenters. The van der Waals surface area contributed by atoms with Crippen LogP contribution in [-0.4, -0.2) is 9.13 Å². The normalized spacial score (nSPS) is 12.0. The van der Waals surface area contributed by atoms with E-state index in [9.17, 15) is 18.4 Å². The van der Waals surface area contributed by atoms with Crippen molar-refractivity contribution in [1.82, 2.24) is 9.13 Å². The maximum Gasteiger partial charge on any atom is 0.417 e. The molecule has 0 spiro atoms. The first-order valence-corrected chi connectivity index (χ1v) is 15.8. The number of hydrogen-bond acceptors (Lipinski definition) is 1. The second-order valence-electron chi connectivity index (χ2n) is 12.6. The van der Waals surface area contributed by atoms with Gasteiger partial charge in [-0.25, -0.2) is 0 Å². The number of nitriles is 1. The number of fused-ring (bicyclic) bond motifs is 6. The van der Waals surface area contributed by atoms with Gasteiger partial charge in [0.2, 0.25) is 0 Å². The average Bonchev–Trinajstić information content (AvgIpc) is 3.59. The van der Waals surface area contributed by atoms with Crippen molar-refractivity contribution in [2.45, 2.75) is 33.9 Å². The van der Waals surface area contributed by atoms with Gasteiger partial charge in [0.05, 0.1) is 44.6 Å². The summed E-state index contributed by atoms with van der Waals surface area (Å²) in [7, 11) is 0. The van der Waals surface area contributed by atoms with Gasteiger partial charge in [0.15, 0.2) is 0 Å². The zero-order valence-corrected chi connectivity index (χ0v) is 26.9. The molecular formula is C42H30F3N3. The fourth-order valence-electron chi connectivity index (χ4n) is 7.66. The Labute approximate surface area is 275 Å². The smallest absolute Gasteiger partial charge is 0.307 e. The van der Waals surface area contributed by atoms with Crippen LogP contribution in [-0.2, 0) is 6.18 Å². The van der Waals surface area contributed by atoms with Gasteiger partial charge in [-0.15, -0.1) is 0 Å². The van der Waals surface area contributed by atoms with Gasteiger partial charge in [-0.05, 0) is 104 Å². The molecule has 0 unspecified atom stereocenters. The van der Waals surface area contributed by atoms with E-state index in [-0.39, 0.29) is 11.1 Å². The van der Waals surface area contributed by atoms with Crippen LogP contribution in [0.3, 0.4) is 0 Å². The van der Waals surface area contributed by atoms with Crippen LogP contribution in [0.2, 0.25) is 0 Å². The first-order chi connectivity index (χ1) is 23.1. The lowest BCUT2D eigenvalue weighted by molar-refractivity contribution is -0.137. The van der Waals surface area contributed by atoms with Crippen molar-refractivity contribution in [3.63, 3.8) is 0 Å². The first-order valence-electron chi connectivity index (χ1n) is 15.8. The fourth-order valence-corrected chi connectivity index (χ4v) is 7.66. The van der Waals surface area contributed by atoms with E-state index in [0.717, 1.165) is 71.9 Å². The number of halogens is 3. The Morgan fingerprint density at radius 1 is 0.542 bits per heavy atom. The molecule has 2 heterocycles. The monoisotopic (exact) mass is 633 g/mol. The number of hydrogen-bond donors (Lipinski definition) is 0. The third-order valence-corrected chi connectivity index (χ3v) is 9.69. The summed E-state index contributed by atoms with van der Waals surface area (Å²) in [5.74, 6) is 0. The summed E-state index contributed by atoms with van der Waals surface area (Å²) in [6.07, 6.45) is -4.58. The van der Waals surface area contributed by atoms with Crippen molar-refractivity contribution in [3.05, 3.63) is 143 Å². The molecule has 0 fully saturated rings. The molecule has 0 aliphatic carbocycles. The van der Waals surface area contributed by atoms with E-state index >= 15 is 0 Å². The largest absolute Gasteiger partial charge is 0.417 e. The second-order valence-corrected chi connectivity index (χ2v) is 12.6. The van der Waals surface area contributed by atoms with Crippen LogP contribution in [0, 0.1) is 39.0 Å². The molecule has 6 heteroatoms. The van der Waals surface area contributed by atoms with Crippen molar-refractivity contribution in [3.8, 4) is 28.6 Å². The van der Waals surface area contributed by atoms with Crippen molar-refractivity contribution in [2.75, 3.05) is 0 Å². The second kappa shape index (κ2) is 10.6. The molecule has 8 aromatic rings. The minimum Gasteiger partial charge on any atom is -0.307 e. The minimum absolute atomic E-state index is 0.0244. The Morgan fingerprint density at radius 3 is 1.42 bits per heavy atom. The summed E-state index contributed by atoms with van der Waals surface area (Å²) in [5, 5.41) is 15.2. The highest BCUT2D eigenvalue weighted by Crippen LogP contribution is 2.45. The van der Waals surface area contributed by atoms with Crippen LogP contribution in [0.15, 0.2) is 109 Å². The number of alkyl halides is 3. The maximum absolute atomic E-state index is 14.4. The predicted molar refractivity (Wildman–Crippen MR) is 189 cm³/mol. The molecule has 6 aromatic carbocycles. The standard InChI is InChI=1S/C42H30F3N3/c1-24-11-7-17-32-37(24)38-25(2)12-8-18-33(38)47(32)36-22-28(30-15-5-6-16-31(30)42(43,44)45)21-29(23-46)41(36)48-34-19-9-13-26(3)39(34)40-27(4)14-10-20-35(40)48/h5-22H,1-4H3. The van der Waals surface area contributed by atoms with E-state index in [1.54, 1.807) is 12.1 Å². The van der Waals surface area contributed by atoms with E-state index in [2.05, 4.69) is 79.3 Å². The molecule has 0 radical (unpaired) electrons. The van der Waals surface area contributed by atoms with Crippen molar-refractivity contribution in [1.29, 1.82) is 5.26 Å². The molecule has 48 heavy (non-hydrogen) atoms. The van der Waals surface area contributed by atoms with E-state index in [1.807, 2.05) is 42.5 Å². The Kier molecular flexibility index (Phi) is 6.54. The van der Waals surface area contributed by atoms with Gasteiger partial charge in [-0.3, -0.25) is 0 Å². The third kappa shape index (κ3) is 4.21. The summed E-state index contributed by atoms with van der Waals surface area (Å²) in [4.78, 5) is 0. The molecule has 0 saturated carbocycles. The average molecular weight is 634 g/mol. The lowest BCUT2D eigenvalue weighted by Crippen LogP contribution is -2.09. The van der Waals surface area contributed by atoms with Crippen LogP contribution < -0.4 is 0 Å². The molecule has 2 aromatic heterocycles. The zero-order valence-electron chi connectivity index (χ0n) is 26.9. The molecule has 3 nitrogen and oxygen atoms in total. The zero-order chi connectivity index (χ0) is 33.5. The summed E-state index contributed by atoms with van der Waals surface area (Å²) >= 11 is 0. The van der Waals surface area contributed by atoms with Gasteiger partial charge in [-0.2, -0.15) is 18.4 Å². The van der Waals surface area contributed by atoms with Gasteiger partial charge in [0, 0.05) is 21.5 Å². The molecule has 0 saturated heterocycles. The van der Waals surface area contributed by atoms with Crippen LogP contribution in [0.5, 0.6) is 0 Å². The van der Waals surface area contributed by atoms with Crippen LogP contribution in [0.4, 0.5) is 13.2 Å². The molecule has 0 bridgehead atoms. The molecule has 234 valence electrons. The Balaban J connectivity index is 1.63. The predicted octanol–water partition coefficient (Wildman–Crippen LogP) is 11.7. The van der Waals surface area contributed by atoms with Crippen molar-refractivity contribution < 1.29 is 13.2 Å². The number of nitrogens with zero attached hydrogens (tertiary/aromatic N) is 3. The number of benzene rings is 6. The maximum atomic E-state index is 14.4. The highest BCUT2D eigenvalue weighted by atomic mass is 19.4. The summed E-state index contributed by atoms with van der Waals surface area (Å²) in [6.45, 7) is 8.32. The highest BCUT2D eigenvalue weighted by molar-refractivity contribution is 6.14. The molecule has 0 amide bonds. The van der Waals surface area contributed by atoms with Gasteiger partial charge >= 0.3 is 6.18 Å². The van der Waals surface area contributed by atoms with Gasteiger partial charge in [-0.1, -0.05) is 66.7 Å². The number of rotatable bonds is 3. The molecule has 0 aliphatic heterocycles. The van der Waals surface area contributed by atoms with E-state index < -0.39 is 11.7 Å². The topological polar surface area (TPSA) is 33.6 Å². The number of aromatic nitrogens is 2. The summed E-state index contributed by atoms with van der Waals surface area (Å²) in [5.41, 5.74) is 9.18. The number of aryl methyl sites for hydroxylation is 4. The Morgan fingerprint density at radius 2 is 0.979 bits per heavy atom. The summed E-state index contributed by atoms with van der Waals surface area (Å²) in [6, 6.07) is 36.0. The van der Waals surface area contributed by atoms with Crippen molar-refractivity contribution in [2.24, 2.45) is 0 Å². The van der Waals surface area contributed by atoms with Crippen LogP contribution in [0.1, 0.15) is 33.4 Å². The van der Waals surface area contributed by atoms with E-state index in [4.69, 9.17) is 0 Å². The molecule has 0 aliphatic rings. The molecular weight excluding hydrogens is 603 g/mol. The van der Waals surface area contributed by atoms with Gasteiger partial charge < -0.3 is 9.13 Å². The quantitative estimate of drug-likeness (QED) is 0.191. The van der Waals surface area contributed by atoms with E-state index in [0.29, 0.717) is 16.9 Å². The lowest BCUT2D eigenvalue weighted by atomic mass is 9.95. The van der Waals surface area contributed by atoms with Crippen molar-refractivity contribution >= 4 is 43.6 Å². The highest BCUT2D eigenvalue weighted by Gasteiger charge is 2.34. The minimum atomic E-state index is -4.58. The van der Waals surface area contributed by atoms with Gasteiger partial charge in [0.1, 0.15) is 6.07 Å².